The van der Waals surface area contributed by atoms with Gasteiger partial charge >= 0.3 is 5.97 Å². The molecule has 0 spiro atoms. The number of rotatable bonds is 2. The molecule has 0 bridgehead atoms. The van der Waals surface area contributed by atoms with Crippen LogP contribution in [0.2, 0.25) is 0 Å². The molecule has 0 aliphatic heterocycles. The molecule has 126 valence electrons. The van der Waals surface area contributed by atoms with Crippen LogP contribution in [-0.2, 0) is 16.1 Å². The highest BCUT2D eigenvalue weighted by atomic mass is 19.1. The second-order valence-electron chi connectivity index (χ2n) is 6.14. The van der Waals surface area contributed by atoms with Crippen molar-refractivity contribution in [2.75, 3.05) is 7.11 Å². The lowest BCUT2D eigenvalue weighted by atomic mass is 10.1. The number of aryl methyl sites for hydroxylation is 2. The lowest BCUT2D eigenvalue weighted by Crippen LogP contribution is -2.11. The Labute approximate surface area is 143 Å². The third kappa shape index (κ3) is 2.41. The Balaban J connectivity index is 2.14. The molecule has 5 nitrogen and oxygen atoms in total. The Bertz CT molecular complexity index is 1160. The minimum absolute atomic E-state index is 0.00678. The van der Waals surface area contributed by atoms with Crippen LogP contribution < -0.4 is 0 Å². The van der Waals surface area contributed by atoms with E-state index < -0.39 is 5.97 Å². The van der Waals surface area contributed by atoms with Crippen molar-refractivity contribution in [1.82, 2.24) is 14.5 Å². The van der Waals surface area contributed by atoms with Crippen LogP contribution in [0.4, 0.5) is 4.39 Å². The zero-order valence-corrected chi connectivity index (χ0v) is 14.1. The zero-order valence-electron chi connectivity index (χ0n) is 14.1. The minimum Gasteiger partial charge on any atom is -0.468 e. The lowest BCUT2D eigenvalue weighted by molar-refractivity contribution is -0.141. The van der Waals surface area contributed by atoms with Crippen LogP contribution in [0, 0.1) is 19.7 Å². The molecule has 0 atom stereocenters. The van der Waals surface area contributed by atoms with Crippen LogP contribution in [0.25, 0.3) is 33.1 Å². The van der Waals surface area contributed by atoms with Crippen LogP contribution in [0.1, 0.15) is 11.1 Å². The van der Waals surface area contributed by atoms with E-state index in [0.29, 0.717) is 22.1 Å². The van der Waals surface area contributed by atoms with Crippen molar-refractivity contribution >= 4 is 39.1 Å². The van der Waals surface area contributed by atoms with E-state index in [1.807, 2.05) is 26.0 Å². The average molecular weight is 337 g/mol. The number of methoxy groups -OCH3 is 1. The third-order valence-corrected chi connectivity index (χ3v) is 4.54. The smallest absolute Gasteiger partial charge is 0.325 e. The number of hydrogen-bond donors (Lipinski definition) is 0. The van der Waals surface area contributed by atoms with Crippen molar-refractivity contribution in [3.8, 4) is 0 Å². The predicted molar refractivity (Wildman–Crippen MR) is 94.0 cm³/mol. The first kappa shape index (κ1) is 15.5. The number of esters is 1. The standard InChI is InChI=1S/C19H16FN3O2/c1-10-6-14-15(7-11(10)2)22-19-18(21-14)13-8-12(20)4-5-16(13)23(19)9-17(24)25-3/h4-8H,9H2,1-3H3. The van der Waals surface area contributed by atoms with Gasteiger partial charge in [-0.15, -0.1) is 0 Å². The van der Waals surface area contributed by atoms with Gasteiger partial charge in [0.15, 0.2) is 5.65 Å². The monoisotopic (exact) mass is 337 g/mol. The zero-order chi connectivity index (χ0) is 17.7. The van der Waals surface area contributed by atoms with E-state index in [0.717, 1.165) is 22.2 Å². The number of benzene rings is 2. The Morgan fingerprint density at radius 3 is 2.48 bits per heavy atom. The molecular weight excluding hydrogens is 321 g/mol. The van der Waals surface area contributed by atoms with E-state index in [9.17, 15) is 9.18 Å². The van der Waals surface area contributed by atoms with Crippen molar-refractivity contribution < 1.29 is 13.9 Å². The van der Waals surface area contributed by atoms with Gasteiger partial charge in [0.2, 0.25) is 0 Å². The number of fused-ring (bicyclic) bond motifs is 4. The summed E-state index contributed by atoms with van der Waals surface area (Å²) in [5, 5.41) is 0.631. The van der Waals surface area contributed by atoms with Gasteiger partial charge in [-0.25, -0.2) is 14.4 Å². The van der Waals surface area contributed by atoms with Gasteiger partial charge in [0, 0.05) is 5.39 Å². The number of nitrogens with zero attached hydrogens (tertiary/aromatic N) is 3. The topological polar surface area (TPSA) is 57.0 Å². The number of aromatic nitrogens is 3. The fraction of sp³-hybridized carbons (Fsp3) is 0.211. The summed E-state index contributed by atoms with van der Waals surface area (Å²) < 4.78 is 20.3. The van der Waals surface area contributed by atoms with Crippen molar-refractivity contribution in [1.29, 1.82) is 0 Å². The summed E-state index contributed by atoms with van der Waals surface area (Å²) in [7, 11) is 1.34. The highest BCUT2D eigenvalue weighted by Crippen LogP contribution is 2.29. The van der Waals surface area contributed by atoms with Gasteiger partial charge in [-0.2, -0.15) is 0 Å². The number of halogens is 1. The lowest BCUT2D eigenvalue weighted by Gasteiger charge is -2.06. The molecule has 0 N–H and O–H groups in total. The van der Waals surface area contributed by atoms with Gasteiger partial charge < -0.3 is 9.30 Å². The second-order valence-corrected chi connectivity index (χ2v) is 6.14. The molecule has 2 heterocycles. The second kappa shape index (κ2) is 5.51. The Morgan fingerprint density at radius 2 is 1.80 bits per heavy atom. The first-order chi connectivity index (χ1) is 12.0. The summed E-state index contributed by atoms with van der Waals surface area (Å²) in [6.45, 7) is 4.02. The van der Waals surface area contributed by atoms with E-state index >= 15 is 0 Å². The Morgan fingerprint density at radius 1 is 1.12 bits per heavy atom. The quantitative estimate of drug-likeness (QED) is 0.524. The van der Waals surface area contributed by atoms with E-state index in [2.05, 4.69) is 0 Å². The van der Waals surface area contributed by atoms with Crippen LogP contribution in [-0.4, -0.2) is 27.6 Å². The summed E-state index contributed by atoms with van der Waals surface area (Å²) in [5.74, 6) is -0.753. The van der Waals surface area contributed by atoms with Gasteiger partial charge in [0.05, 0.1) is 23.7 Å². The van der Waals surface area contributed by atoms with Gasteiger partial charge in [-0.05, 0) is 55.3 Å². The maximum Gasteiger partial charge on any atom is 0.325 e. The van der Waals surface area contributed by atoms with Crippen LogP contribution >= 0.6 is 0 Å². The van der Waals surface area contributed by atoms with Crippen LogP contribution in [0.5, 0.6) is 0 Å². The van der Waals surface area contributed by atoms with E-state index in [1.54, 1.807) is 10.6 Å². The minimum atomic E-state index is -0.398. The van der Waals surface area contributed by atoms with E-state index in [4.69, 9.17) is 14.7 Å². The maximum absolute atomic E-state index is 13.8. The molecule has 0 saturated heterocycles. The van der Waals surface area contributed by atoms with Crippen molar-refractivity contribution in [3.63, 3.8) is 0 Å². The fourth-order valence-electron chi connectivity index (χ4n) is 3.07. The molecule has 2 aromatic heterocycles. The van der Waals surface area contributed by atoms with Gasteiger partial charge in [-0.1, -0.05) is 0 Å². The molecule has 0 saturated carbocycles. The van der Waals surface area contributed by atoms with Crippen LogP contribution in [0.3, 0.4) is 0 Å². The summed E-state index contributed by atoms with van der Waals surface area (Å²) in [6, 6.07) is 8.37. The first-order valence-electron chi connectivity index (χ1n) is 7.91. The number of hydrogen-bond acceptors (Lipinski definition) is 4. The largest absolute Gasteiger partial charge is 0.468 e. The normalized spacial score (nSPS) is 11.5. The molecule has 0 aliphatic carbocycles. The predicted octanol–water partition coefficient (Wildman–Crippen LogP) is 3.67. The first-order valence-corrected chi connectivity index (χ1v) is 7.91. The SMILES string of the molecule is COC(=O)Cn1c2ccc(F)cc2c2nc3cc(C)c(C)cc3nc21. The average Bonchev–Trinajstić information content (AvgIpc) is 2.86. The molecule has 25 heavy (non-hydrogen) atoms. The molecule has 2 aromatic carbocycles. The van der Waals surface area contributed by atoms with E-state index in [1.165, 1.54) is 19.2 Å². The van der Waals surface area contributed by atoms with Gasteiger partial charge in [0.25, 0.3) is 0 Å². The number of carbonyl (C=O) groups is 1. The summed E-state index contributed by atoms with van der Waals surface area (Å²) in [6.07, 6.45) is 0. The van der Waals surface area contributed by atoms with Crippen molar-refractivity contribution in [2.24, 2.45) is 0 Å². The molecule has 0 fully saturated rings. The molecule has 0 radical (unpaired) electrons. The fourth-order valence-corrected chi connectivity index (χ4v) is 3.07. The van der Waals surface area contributed by atoms with Crippen molar-refractivity contribution in [3.05, 3.63) is 47.3 Å². The molecule has 6 heteroatoms. The maximum atomic E-state index is 13.8. The molecule has 4 rings (SSSR count). The van der Waals surface area contributed by atoms with Gasteiger partial charge in [0.1, 0.15) is 17.9 Å². The molecule has 4 aromatic rings. The summed E-state index contributed by atoms with van der Waals surface area (Å²) in [4.78, 5) is 21.2. The molecule has 0 aliphatic rings. The summed E-state index contributed by atoms with van der Waals surface area (Å²) >= 11 is 0. The third-order valence-electron chi connectivity index (χ3n) is 4.54. The highest BCUT2D eigenvalue weighted by Gasteiger charge is 2.17. The molecule has 0 amide bonds. The molecular formula is C19H16FN3O2. The van der Waals surface area contributed by atoms with Crippen LogP contribution in [0.15, 0.2) is 30.3 Å². The number of carbonyl (C=O) groups excluding carboxylic acids is 1. The number of ether oxygens (including phenoxy) is 1. The highest BCUT2D eigenvalue weighted by molar-refractivity contribution is 6.07. The molecule has 0 unspecified atom stereocenters. The van der Waals surface area contributed by atoms with Gasteiger partial charge in [-0.3, -0.25) is 4.79 Å². The Hall–Kier alpha value is -3.02. The van der Waals surface area contributed by atoms with Crippen molar-refractivity contribution in [2.45, 2.75) is 20.4 Å². The van der Waals surface area contributed by atoms with E-state index in [-0.39, 0.29) is 12.4 Å². The summed E-state index contributed by atoms with van der Waals surface area (Å²) in [5.41, 5.74) is 5.54. The Kier molecular flexibility index (Phi) is 3.42.